The minimum atomic E-state index is -0.463. The molecule has 0 bridgehead atoms. The van der Waals surface area contributed by atoms with Crippen LogP contribution in [-0.4, -0.2) is 42.6 Å². The van der Waals surface area contributed by atoms with Gasteiger partial charge in [-0.3, -0.25) is 10.1 Å². The topological polar surface area (TPSA) is 80.5 Å². The quantitative estimate of drug-likeness (QED) is 0.625. The van der Waals surface area contributed by atoms with E-state index in [1.54, 1.807) is 13.2 Å². The van der Waals surface area contributed by atoms with E-state index in [9.17, 15) is 10.1 Å². The van der Waals surface area contributed by atoms with Gasteiger partial charge in [-0.2, -0.15) is 0 Å². The fourth-order valence-corrected chi connectivity index (χ4v) is 2.25. The first-order valence-electron chi connectivity index (χ1n) is 7.16. The van der Waals surface area contributed by atoms with Crippen molar-refractivity contribution in [2.45, 2.75) is 6.04 Å². The molecule has 0 aliphatic carbocycles. The second-order valence-corrected chi connectivity index (χ2v) is 5.30. The molecular weight excluding hydrogens is 296 g/mol. The highest BCUT2D eigenvalue weighted by molar-refractivity contribution is 5.41. The highest BCUT2D eigenvalue weighted by Gasteiger charge is 2.15. The number of pyridine rings is 1. The summed E-state index contributed by atoms with van der Waals surface area (Å²) >= 11 is 0. The number of anilines is 1. The average molecular weight is 316 g/mol. The number of benzene rings is 1. The van der Waals surface area contributed by atoms with E-state index in [0.717, 1.165) is 11.3 Å². The third kappa shape index (κ3) is 4.40. The second-order valence-electron chi connectivity index (χ2n) is 5.30. The molecular formula is C16H20N4O3. The molecule has 0 unspecified atom stereocenters. The van der Waals surface area contributed by atoms with Crippen molar-refractivity contribution in [3.63, 3.8) is 0 Å². The first kappa shape index (κ1) is 16.7. The molecule has 1 atom stereocenters. The van der Waals surface area contributed by atoms with Crippen molar-refractivity contribution < 1.29 is 9.66 Å². The summed E-state index contributed by atoms with van der Waals surface area (Å²) < 4.78 is 5.27. The van der Waals surface area contributed by atoms with Gasteiger partial charge in [-0.05, 0) is 37.9 Å². The summed E-state index contributed by atoms with van der Waals surface area (Å²) in [4.78, 5) is 16.3. The van der Waals surface area contributed by atoms with Gasteiger partial charge in [0.25, 0.3) is 5.69 Å². The van der Waals surface area contributed by atoms with Gasteiger partial charge in [0, 0.05) is 12.6 Å². The highest BCUT2D eigenvalue weighted by Crippen LogP contribution is 2.23. The Labute approximate surface area is 135 Å². The Morgan fingerprint density at radius 2 is 2.13 bits per heavy atom. The van der Waals surface area contributed by atoms with Crippen LogP contribution in [0, 0.1) is 10.1 Å². The van der Waals surface area contributed by atoms with Gasteiger partial charge >= 0.3 is 0 Å². The van der Waals surface area contributed by atoms with E-state index in [1.165, 1.54) is 12.3 Å². The van der Waals surface area contributed by atoms with Crippen molar-refractivity contribution >= 4 is 11.5 Å². The minimum Gasteiger partial charge on any atom is -0.497 e. The Morgan fingerprint density at radius 3 is 2.70 bits per heavy atom. The normalized spacial score (nSPS) is 12.0. The van der Waals surface area contributed by atoms with Gasteiger partial charge in [0.15, 0.2) is 0 Å². The SMILES string of the molecule is COc1cccc([C@H](CNc2ccc([N+](=O)[O-])cn2)N(C)C)c1. The molecule has 0 amide bonds. The molecule has 0 saturated heterocycles. The van der Waals surface area contributed by atoms with Crippen molar-refractivity contribution in [2.24, 2.45) is 0 Å². The van der Waals surface area contributed by atoms with Crippen LogP contribution >= 0.6 is 0 Å². The fourth-order valence-electron chi connectivity index (χ4n) is 2.25. The fraction of sp³-hybridized carbons (Fsp3) is 0.312. The zero-order valence-corrected chi connectivity index (χ0v) is 13.4. The smallest absolute Gasteiger partial charge is 0.287 e. The molecule has 7 heteroatoms. The molecule has 122 valence electrons. The number of ether oxygens (including phenoxy) is 1. The van der Waals surface area contributed by atoms with E-state index in [2.05, 4.69) is 15.2 Å². The van der Waals surface area contributed by atoms with Gasteiger partial charge in [-0.25, -0.2) is 4.98 Å². The van der Waals surface area contributed by atoms with Gasteiger partial charge in [0.2, 0.25) is 0 Å². The first-order chi connectivity index (χ1) is 11.0. The summed E-state index contributed by atoms with van der Waals surface area (Å²) in [6, 6.07) is 11.0. The van der Waals surface area contributed by atoms with Crippen LogP contribution in [0.5, 0.6) is 5.75 Å². The van der Waals surface area contributed by atoms with Crippen LogP contribution in [0.15, 0.2) is 42.6 Å². The number of methoxy groups -OCH3 is 1. The molecule has 1 N–H and O–H groups in total. The molecule has 1 heterocycles. The predicted molar refractivity (Wildman–Crippen MR) is 88.8 cm³/mol. The third-order valence-corrected chi connectivity index (χ3v) is 3.54. The molecule has 2 aromatic rings. The maximum Gasteiger partial charge on any atom is 0.287 e. The molecule has 0 saturated carbocycles. The van der Waals surface area contributed by atoms with Crippen molar-refractivity contribution in [3.05, 3.63) is 58.3 Å². The Morgan fingerprint density at radius 1 is 1.35 bits per heavy atom. The largest absolute Gasteiger partial charge is 0.497 e. The molecule has 1 aromatic carbocycles. The zero-order valence-electron chi connectivity index (χ0n) is 13.4. The molecule has 0 spiro atoms. The lowest BCUT2D eigenvalue weighted by atomic mass is 10.1. The number of hydrogen-bond donors (Lipinski definition) is 1. The first-order valence-corrected chi connectivity index (χ1v) is 7.16. The predicted octanol–water partition coefficient (Wildman–Crippen LogP) is 2.71. The molecule has 7 nitrogen and oxygen atoms in total. The van der Waals surface area contributed by atoms with Crippen LogP contribution in [0.2, 0.25) is 0 Å². The number of nitro groups is 1. The van der Waals surface area contributed by atoms with Gasteiger partial charge in [0.1, 0.15) is 17.8 Å². The maximum atomic E-state index is 10.6. The van der Waals surface area contributed by atoms with Crippen LogP contribution in [0.1, 0.15) is 11.6 Å². The lowest BCUT2D eigenvalue weighted by molar-refractivity contribution is -0.385. The van der Waals surface area contributed by atoms with Crippen molar-refractivity contribution in [1.29, 1.82) is 0 Å². The molecule has 0 fully saturated rings. The summed E-state index contributed by atoms with van der Waals surface area (Å²) in [7, 11) is 5.63. The second kappa shape index (κ2) is 7.55. The zero-order chi connectivity index (χ0) is 16.8. The van der Waals surface area contributed by atoms with Gasteiger partial charge in [-0.15, -0.1) is 0 Å². The van der Waals surface area contributed by atoms with Crippen LogP contribution in [-0.2, 0) is 0 Å². The summed E-state index contributed by atoms with van der Waals surface area (Å²) in [5, 5.41) is 13.9. The van der Waals surface area contributed by atoms with Crippen LogP contribution < -0.4 is 10.1 Å². The molecule has 0 radical (unpaired) electrons. The number of aromatic nitrogens is 1. The minimum absolute atomic E-state index is 0.0208. The summed E-state index contributed by atoms with van der Waals surface area (Å²) in [6.45, 7) is 0.616. The Bertz CT molecular complexity index is 659. The van der Waals surface area contributed by atoms with Crippen LogP contribution in [0.25, 0.3) is 0 Å². The Hall–Kier alpha value is -2.67. The van der Waals surface area contributed by atoms with Crippen LogP contribution in [0.4, 0.5) is 11.5 Å². The van der Waals surface area contributed by atoms with Gasteiger partial charge < -0.3 is 15.0 Å². The highest BCUT2D eigenvalue weighted by atomic mass is 16.6. The molecule has 1 aromatic heterocycles. The van der Waals surface area contributed by atoms with Crippen molar-refractivity contribution in [1.82, 2.24) is 9.88 Å². The van der Waals surface area contributed by atoms with Gasteiger partial charge in [0.05, 0.1) is 18.1 Å². The Balaban J connectivity index is 2.09. The number of rotatable bonds is 7. The number of nitrogens with one attached hydrogen (secondary N) is 1. The molecule has 0 aliphatic heterocycles. The lowest BCUT2D eigenvalue weighted by Gasteiger charge is -2.25. The third-order valence-electron chi connectivity index (χ3n) is 3.54. The van der Waals surface area contributed by atoms with E-state index in [4.69, 9.17) is 4.74 Å². The molecule has 2 rings (SSSR count). The monoisotopic (exact) mass is 316 g/mol. The maximum absolute atomic E-state index is 10.6. The molecule has 23 heavy (non-hydrogen) atoms. The lowest BCUT2D eigenvalue weighted by Crippen LogP contribution is -2.27. The average Bonchev–Trinajstić information content (AvgIpc) is 2.55. The van der Waals surface area contributed by atoms with E-state index in [0.29, 0.717) is 12.4 Å². The van der Waals surface area contributed by atoms with E-state index < -0.39 is 4.92 Å². The standard InChI is InChI=1S/C16H20N4O3/c1-19(2)15(12-5-4-6-14(9-12)23-3)11-18-16-8-7-13(10-17-16)20(21)22/h4-10,15H,11H2,1-3H3,(H,17,18)/t15-/m0/s1. The number of likely N-dealkylation sites (N-methyl/N-ethyl adjacent to an activating group) is 1. The summed E-state index contributed by atoms with van der Waals surface area (Å²) in [6.07, 6.45) is 1.25. The van der Waals surface area contributed by atoms with E-state index in [-0.39, 0.29) is 11.7 Å². The number of hydrogen-bond acceptors (Lipinski definition) is 6. The van der Waals surface area contributed by atoms with Crippen molar-refractivity contribution in [2.75, 3.05) is 33.1 Å². The molecule has 0 aliphatic rings. The van der Waals surface area contributed by atoms with Crippen LogP contribution in [0.3, 0.4) is 0 Å². The summed E-state index contributed by atoms with van der Waals surface area (Å²) in [5.74, 6) is 1.41. The van der Waals surface area contributed by atoms with Gasteiger partial charge in [-0.1, -0.05) is 12.1 Å². The Kier molecular flexibility index (Phi) is 5.48. The van der Waals surface area contributed by atoms with E-state index >= 15 is 0 Å². The van der Waals surface area contributed by atoms with Crippen molar-refractivity contribution in [3.8, 4) is 5.75 Å². The van der Waals surface area contributed by atoms with E-state index in [1.807, 2.05) is 38.4 Å². The summed E-state index contributed by atoms with van der Waals surface area (Å²) in [5.41, 5.74) is 1.09. The number of nitrogens with zero attached hydrogens (tertiary/aromatic N) is 3.